The Morgan fingerprint density at radius 2 is 2.15 bits per heavy atom. The number of para-hydroxylation sites is 1. The van der Waals surface area contributed by atoms with E-state index in [9.17, 15) is 5.11 Å². The summed E-state index contributed by atoms with van der Waals surface area (Å²) in [5.74, 6) is 0.971. The Bertz CT molecular complexity index is 446. The summed E-state index contributed by atoms with van der Waals surface area (Å²) < 4.78 is 6.05. The van der Waals surface area contributed by atoms with Crippen molar-refractivity contribution in [3.63, 3.8) is 0 Å². The summed E-state index contributed by atoms with van der Waals surface area (Å²) in [6, 6.07) is 8.75. The minimum atomic E-state index is -0.167. The Hall–Kier alpha value is -0.710. The molecular weight excluding hydrogens is 270 g/mol. The van der Waals surface area contributed by atoms with Gasteiger partial charge in [-0.2, -0.15) is 11.8 Å². The van der Waals surface area contributed by atoms with Crippen LogP contribution in [0, 0.1) is 0 Å². The molecule has 3 nitrogen and oxygen atoms in total. The second kappa shape index (κ2) is 6.37. The van der Waals surface area contributed by atoms with Crippen LogP contribution in [0.3, 0.4) is 0 Å². The highest BCUT2D eigenvalue weighted by Gasteiger charge is 2.34. The Labute approximate surface area is 126 Å². The fourth-order valence-electron chi connectivity index (χ4n) is 2.81. The zero-order chi connectivity index (χ0) is 14.8. The maximum absolute atomic E-state index is 9.44. The van der Waals surface area contributed by atoms with Gasteiger partial charge in [0.15, 0.2) is 0 Å². The van der Waals surface area contributed by atoms with Gasteiger partial charge < -0.3 is 15.2 Å². The third-order valence-corrected chi connectivity index (χ3v) is 5.04. The first kappa shape index (κ1) is 15.7. The van der Waals surface area contributed by atoms with Crippen molar-refractivity contribution in [3.8, 4) is 5.75 Å². The van der Waals surface area contributed by atoms with Crippen molar-refractivity contribution in [1.82, 2.24) is 5.32 Å². The van der Waals surface area contributed by atoms with Gasteiger partial charge in [0.25, 0.3) is 0 Å². The van der Waals surface area contributed by atoms with E-state index in [1.165, 1.54) is 5.56 Å². The normalized spacial score (nSPS) is 23.6. The second-order valence-electron chi connectivity index (χ2n) is 6.07. The van der Waals surface area contributed by atoms with Crippen LogP contribution in [-0.2, 0) is 0 Å². The largest absolute Gasteiger partial charge is 0.487 e. The van der Waals surface area contributed by atoms with E-state index in [0.29, 0.717) is 0 Å². The predicted molar refractivity (Wildman–Crippen MR) is 85.5 cm³/mol. The molecule has 1 aromatic rings. The number of rotatable bonds is 5. The molecule has 1 aliphatic heterocycles. The molecule has 112 valence electrons. The molecule has 0 spiro atoms. The number of hydrogen-bond acceptors (Lipinski definition) is 4. The highest BCUT2D eigenvalue weighted by Crippen LogP contribution is 2.39. The highest BCUT2D eigenvalue weighted by atomic mass is 32.2. The fraction of sp³-hybridized carbons (Fsp3) is 0.625. The lowest BCUT2D eigenvalue weighted by Crippen LogP contribution is -2.45. The van der Waals surface area contributed by atoms with Crippen LogP contribution >= 0.6 is 11.8 Å². The van der Waals surface area contributed by atoms with E-state index in [0.717, 1.165) is 12.2 Å². The SMILES string of the molecule is CSC(CO)C(C)NC1CC(C)(C)Oc2ccccc21. The minimum absolute atomic E-state index is 0.167. The monoisotopic (exact) mass is 295 g/mol. The Balaban J connectivity index is 2.19. The molecule has 0 amide bonds. The van der Waals surface area contributed by atoms with Gasteiger partial charge in [-0.25, -0.2) is 0 Å². The third kappa shape index (κ3) is 3.48. The molecule has 20 heavy (non-hydrogen) atoms. The predicted octanol–water partition coefficient (Wildman–Crippen LogP) is 2.99. The van der Waals surface area contributed by atoms with Gasteiger partial charge in [-0.05, 0) is 33.1 Å². The smallest absolute Gasteiger partial charge is 0.124 e. The molecule has 1 aliphatic rings. The van der Waals surface area contributed by atoms with Crippen molar-refractivity contribution < 1.29 is 9.84 Å². The number of ether oxygens (including phenoxy) is 1. The van der Waals surface area contributed by atoms with Crippen LogP contribution in [0.1, 0.15) is 38.8 Å². The fourth-order valence-corrected chi connectivity index (χ4v) is 3.45. The molecular formula is C16H25NO2S. The van der Waals surface area contributed by atoms with Crippen LogP contribution in [0.2, 0.25) is 0 Å². The van der Waals surface area contributed by atoms with E-state index in [1.807, 2.05) is 18.4 Å². The van der Waals surface area contributed by atoms with Crippen LogP contribution < -0.4 is 10.1 Å². The summed E-state index contributed by atoms with van der Waals surface area (Å²) in [5, 5.41) is 13.3. The molecule has 0 aliphatic carbocycles. The summed E-state index contributed by atoms with van der Waals surface area (Å²) in [5.41, 5.74) is 1.05. The van der Waals surface area contributed by atoms with Gasteiger partial charge in [0.05, 0.1) is 6.61 Å². The quantitative estimate of drug-likeness (QED) is 0.876. The van der Waals surface area contributed by atoms with Crippen molar-refractivity contribution in [2.45, 2.75) is 50.1 Å². The van der Waals surface area contributed by atoms with E-state index < -0.39 is 0 Å². The molecule has 3 unspecified atom stereocenters. The number of thioether (sulfide) groups is 1. The lowest BCUT2D eigenvalue weighted by atomic mass is 9.89. The molecule has 0 aromatic heterocycles. The highest BCUT2D eigenvalue weighted by molar-refractivity contribution is 7.99. The second-order valence-corrected chi connectivity index (χ2v) is 7.15. The molecule has 1 aromatic carbocycles. The summed E-state index contributed by atoms with van der Waals surface area (Å²) in [6.07, 6.45) is 2.97. The number of aliphatic hydroxyl groups is 1. The van der Waals surface area contributed by atoms with Crippen LogP contribution in [0.25, 0.3) is 0 Å². The van der Waals surface area contributed by atoms with E-state index >= 15 is 0 Å². The van der Waals surface area contributed by atoms with E-state index in [-0.39, 0.29) is 29.5 Å². The zero-order valence-electron chi connectivity index (χ0n) is 12.7. The number of hydrogen-bond donors (Lipinski definition) is 2. The third-order valence-electron chi connectivity index (χ3n) is 3.88. The molecule has 2 N–H and O–H groups in total. The van der Waals surface area contributed by atoms with Crippen molar-refractivity contribution in [2.75, 3.05) is 12.9 Å². The molecule has 1 heterocycles. The first-order chi connectivity index (χ1) is 9.46. The van der Waals surface area contributed by atoms with E-state index in [2.05, 4.69) is 38.2 Å². The maximum Gasteiger partial charge on any atom is 0.124 e. The number of benzene rings is 1. The molecule has 0 fully saturated rings. The topological polar surface area (TPSA) is 41.5 Å². The molecule has 0 radical (unpaired) electrons. The van der Waals surface area contributed by atoms with Gasteiger partial charge in [-0.15, -0.1) is 0 Å². The van der Waals surface area contributed by atoms with Crippen molar-refractivity contribution in [3.05, 3.63) is 29.8 Å². The number of fused-ring (bicyclic) bond motifs is 1. The Kier molecular flexibility index (Phi) is 4.99. The number of nitrogens with one attached hydrogen (secondary N) is 1. The first-order valence-electron chi connectivity index (χ1n) is 7.14. The first-order valence-corrected chi connectivity index (χ1v) is 8.43. The summed E-state index contributed by atoms with van der Waals surface area (Å²) in [4.78, 5) is 0. The van der Waals surface area contributed by atoms with Gasteiger partial charge in [-0.3, -0.25) is 0 Å². The summed E-state index contributed by atoms with van der Waals surface area (Å²) in [7, 11) is 0. The van der Waals surface area contributed by atoms with Crippen molar-refractivity contribution in [1.29, 1.82) is 0 Å². The maximum atomic E-state index is 9.44. The van der Waals surface area contributed by atoms with Crippen molar-refractivity contribution >= 4 is 11.8 Å². The lowest BCUT2D eigenvalue weighted by Gasteiger charge is -2.39. The van der Waals surface area contributed by atoms with Gasteiger partial charge in [0, 0.05) is 29.3 Å². The van der Waals surface area contributed by atoms with Gasteiger partial charge in [0.2, 0.25) is 0 Å². The standard InChI is InChI=1S/C16H25NO2S/c1-11(15(10-18)20-4)17-13-9-16(2,3)19-14-8-6-5-7-12(13)14/h5-8,11,13,15,17-18H,9-10H2,1-4H3. The molecule has 0 saturated heterocycles. The number of aliphatic hydroxyl groups excluding tert-OH is 1. The Morgan fingerprint density at radius 1 is 1.45 bits per heavy atom. The zero-order valence-corrected chi connectivity index (χ0v) is 13.5. The molecule has 0 saturated carbocycles. The Morgan fingerprint density at radius 3 is 2.80 bits per heavy atom. The van der Waals surface area contributed by atoms with Gasteiger partial charge in [-0.1, -0.05) is 18.2 Å². The lowest BCUT2D eigenvalue weighted by molar-refractivity contribution is 0.0636. The van der Waals surface area contributed by atoms with Crippen molar-refractivity contribution in [2.24, 2.45) is 0 Å². The van der Waals surface area contributed by atoms with E-state index in [4.69, 9.17) is 4.74 Å². The molecule has 3 atom stereocenters. The van der Waals surface area contributed by atoms with Gasteiger partial charge in [0.1, 0.15) is 11.4 Å². The van der Waals surface area contributed by atoms with Crippen LogP contribution in [0.15, 0.2) is 24.3 Å². The van der Waals surface area contributed by atoms with Gasteiger partial charge >= 0.3 is 0 Å². The summed E-state index contributed by atoms with van der Waals surface area (Å²) >= 11 is 1.70. The van der Waals surface area contributed by atoms with E-state index in [1.54, 1.807) is 11.8 Å². The van der Waals surface area contributed by atoms with Crippen LogP contribution in [0.5, 0.6) is 5.75 Å². The summed E-state index contributed by atoms with van der Waals surface area (Å²) in [6.45, 7) is 6.59. The minimum Gasteiger partial charge on any atom is -0.487 e. The molecule has 0 bridgehead atoms. The average Bonchev–Trinajstić information content (AvgIpc) is 2.38. The molecule has 2 rings (SSSR count). The van der Waals surface area contributed by atoms with Crippen LogP contribution in [-0.4, -0.2) is 34.9 Å². The average molecular weight is 295 g/mol. The van der Waals surface area contributed by atoms with Crippen LogP contribution in [0.4, 0.5) is 0 Å². The molecule has 4 heteroatoms.